The van der Waals surface area contributed by atoms with Gasteiger partial charge in [-0.3, -0.25) is 0 Å². The molecule has 2 aromatic rings. The Bertz CT molecular complexity index is 1070. The van der Waals surface area contributed by atoms with E-state index in [9.17, 15) is 5.02 Å². The lowest BCUT2D eigenvalue weighted by atomic mass is 9.47. The van der Waals surface area contributed by atoms with Crippen LogP contribution in [0.5, 0.6) is 5.75 Å². The Morgan fingerprint density at radius 1 is 0.889 bits per heavy atom. The van der Waals surface area contributed by atoms with E-state index in [1.807, 2.05) is 12.1 Å². The predicted octanol–water partition coefficient (Wildman–Crippen LogP) is 7.18. The molecule has 5 aliphatic rings. The fraction of sp³-hybridized carbons (Fsp3) is 0.625. The van der Waals surface area contributed by atoms with Crippen molar-refractivity contribution in [3.05, 3.63) is 42.0 Å². The van der Waals surface area contributed by atoms with Gasteiger partial charge in [0.1, 0.15) is 5.75 Å². The molecule has 1 heterocycles. The van der Waals surface area contributed by atoms with Crippen LogP contribution in [0.1, 0.15) is 89.5 Å². The minimum Gasteiger partial charge on any atom is -0.532 e. The quantitative estimate of drug-likeness (QED) is 0.292. The molecule has 0 atom stereocenters. The van der Waals surface area contributed by atoms with Crippen molar-refractivity contribution in [2.24, 2.45) is 17.8 Å². The summed E-state index contributed by atoms with van der Waals surface area (Å²) in [5, 5.41) is 12.6. The van der Waals surface area contributed by atoms with Crippen LogP contribution < -0.4 is 15.3 Å². The number of benzene rings is 2. The first kappa shape index (κ1) is 24.8. The third-order valence-electron chi connectivity index (χ3n) is 10.4. The summed E-state index contributed by atoms with van der Waals surface area (Å²) in [5.74, 6) is 3.69. The third-order valence-corrected chi connectivity index (χ3v) is 13.8. The van der Waals surface area contributed by atoms with Gasteiger partial charge in [0.25, 0.3) is 0 Å². The highest BCUT2D eigenvalue weighted by Crippen LogP contribution is 2.62. The number of fused-ring (bicyclic) bond motifs is 3. The van der Waals surface area contributed by atoms with Crippen LogP contribution in [0.25, 0.3) is 11.1 Å². The summed E-state index contributed by atoms with van der Waals surface area (Å²) in [5.41, 5.74) is 5.08. The molecule has 0 amide bonds. The predicted molar refractivity (Wildman–Crippen MR) is 155 cm³/mol. The second kappa shape index (κ2) is 9.66. The summed E-state index contributed by atoms with van der Waals surface area (Å²) in [4.78, 5) is 0. The maximum atomic E-state index is 11.0. The van der Waals surface area contributed by atoms with E-state index in [1.165, 1.54) is 99.8 Å². The number of hydrogen-bond acceptors (Lipinski definition) is 2. The van der Waals surface area contributed by atoms with Gasteiger partial charge in [0.15, 0.2) is 0 Å². The van der Waals surface area contributed by atoms with Crippen molar-refractivity contribution >= 4 is 25.8 Å². The average molecular weight is 501 g/mol. The van der Waals surface area contributed by atoms with Gasteiger partial charge in [-0.05, 0) is 72.8 Å². The fourth-order valence-electron chi connectivity index (χ4n) is 8.81. The maximum absolute atomic E-state index is 11.0. The molecule has 0 spiro atoms. The van der Waals surface area contributed by atoms with E-state index in [0.717, 1.165) is 29.0 Å². The van der Waals surface area contributed by atoms with Gasteiger partial charge in [-0.2, -0.15) is 24.3 Å². The molecule has 0 saturated heterocycles. The van der Waals surface area contributed by atoms with Gasteiger partial charge in [0.2, 0.25) is 0 Å². The molecule has 2 nitrogen and oxygen atoms in total. The minimum absolute atomic E-state index is 0.255. The largest absolute Gasteiger partial charge is 0.560 e. The molecule has 4 heteroatoms. The van der Waals surface area contributed by atoms with Gasteiger partial charge in [0, 0.05) is 11.0 Å². The SMILES string of the molecule is CCCCCCCC[Si-](C)(C)c1cc2c(c(C34CC5CC(CC(C5)C3)C4)c1)OB(O)c1ccccc1-2. The monoisotopic (exact) mass is 500 g/mol. The molecule has 0 unspecified atom stereocenters. The van der Waals surface area contributed by atoms with Crippen LogP contribution in [-0.2, 0) is 5.41 Å². The van der Waals surface area contributed by atoms with Gasteiger partial charge in [-0.25, -0.2) is 0 Å². The van der Waals surface area contributed by atoms with Crippen molar-refractivity contribution in [2.75, 3.05) is 0 Å². The maximum Gasteiger partial charge on any atom is 0.560 e. The molecule has 0 radical (unpaired) electrons. The third kappa shape index (κ3) is 4.41. The topological polar surface area (TPSA) is 29.5 Å². The van der Waals surface area contributed by atoms with E-state index in [2.05, 4.69) is 44.3 Å². The van der Waals surface area contributed by atoms with Crippen LogP contribution in [0.4, 0.5) is 0 Å². The van der Waals surface area contributed by atoms with Gasteiger partial charge >= 0.3 is 7.12 Å². The molecule has 36 heavy (non-hydrogen) atoms. The van der Waals surface area contributed by atoms with Gasteiger partial charge in [-0.1, -0.05) is 81.8 Å². The van der Waals surface area contributed by atoms with Crippen molar-refractivity contribution in [2.45, 2.75) is 109 Å². The summed E-state index contributed by atoms with van der Waals surface area (Å²) in [7, 11) is -2.47. The van der Waals surface area contributed by atoms with Crippen molar-refractivity contribution in [3.8, 4) is 16.9 Å². The zero-order chi connectivity index (χ0) is 24.9. The number of hydrogen-bond donors (Lipinski definition) is 1. The lowest BCUT2D eigenvalue weighted by molar-refractivity contribution is -0.00581. The molecule has 7 rings (SSSR count). The highest BCUT2D eigenvalue weighted by atomic mass is 28.3. The molecule has 4 bridgehead atoms. The molecule has 4 fully saturated rings. The van der Waals surface area contributed by atoms with E-state index in [1.54, 1.807) is 5.19 Å². The minimum atomic E-state index is -1.61. The Kier molecular flexibility index (Phi) is 6.65. The summed E-state index contributed by atoms with van der Waals surface area (Å²) >= 11 is 0. The van der Waals surface area contributed by atoms with Gasteiger partial charge in [0.05, 0.1) is 0 Å². The summed E-state index contributed by atoms with van der Waals surface area (Å²) in [6, 6.07) is 14.8. The van der Waals surface area contributed by atoms with Crippen LogP contribution in [0.15, 0.2) is 36.4 Å². The molecular formula is C32H45BO2Si-. The standard InChI is InChI=1S/C32H45BO2Si/c1-4-5-6-7-8-11-14-36(2,3)26-18-28-27-12-9-10-13-30(27)33(34)35-31(28)29(19-26)32-20-23-15-24(21-32)17-25(16-23)22-32/h9-10,12-13,18-19,23-25,34H,4-8,11,14-17,20-22H2,1-3H3/q-1. The first-order valence-electron chi connectivity index (χ1n) is 15.0. The van der Waals surface area contributed by atoms with E-state index in [0.29, 0.717) is 0 Å². The van der Waals surface area contributed by atoms with E-state index >= 15 is 0 Å². The van der Waals surface area contributed by atoms with Crippen LogP contribution >= 0.6 is 0 Å². The highest BCUT2D eigenvalue weighted by Gasteiger charge is 2.53. The second-order valence-electron chi connectivity index (χ2n) is 13.6. The molecule has 1 aliphatic heterocycles. The molecule has 2 aromatic carbocycles. The summed E-state index contributed by atoms with van der Waals surface area (Å²) < 4.78 is 6.45. The van der Waals surface area contributed by atoms with E-state index in [-0.39, 0.29) is 5.41 Å². The zero-order valence-corrected chi connectivity index (χ0v) is 23.8. The zero-order valence-electron chi connectivity index (χ0n) is 22.8. The lowest BCUT2D eigenvalue weighted by Gasteiger charge is -2.58. The Morgan fingerprint density at radius 2 is 1.53 bits per heavy atom. The molecule has 0 aromatic heterocycles. The Balaban J connectivity index is 1.40. The lowest BCUT2D eigenvalue weighted by Crippen LogP contribution is -2.51. The smallest absolute Gasteiger partial charge is 0.532 e. The highest BCUT2D eigenvalue weighted by molar-refractivity contribution is 6.89. The molecular weight excluding hydrogens is 455 g/mol. The first-order chi connectivity index (χ1) is 17.4. The van der Waals surface area contributed by atoms with Crippen molar-refractivity contribution in [3.63, 3.8) is 0 Å². The first-order valence-corrected chi connectivity index (χ1v) is 18.2. The Labute approximate surface area is 220 Å². The Morgan fingerprint density at radius 3 is 2.22 bits per heavy atom. The number of rotatable bonds is 9. The van der Waals surface area contributed by atoms with Crippen molar-refractivity contribution < 1.29 is 9.68 Å². The normalized spacial score (nSPS) is 28.1. The van der Waals surface area contributed by atoms with Crippen LogP contribution in [0.3, 0.4) is 0 Å². The molecule has 1 N–H and O–H groups in total. The summed E-state index contributed by atoms with van der Waals surface area (Å²) in [6.07, 6.45) is 16.6. The fourth-order valence-corrected chi connectivity index (χ4v) is 11.3. The molecule has 193 valence electrons. The van der Waals surface area contributed by atoms with E-state index < -0.39 is 15.2 Å². The molecule has 4 aliphatic carbocycles. The van der Waals surface area contributed by atoms with Crippen molar-refractivity contribution in [1.29, 1.82) is 0 Å². The van der Waals surface area contributed by atoms with Crippen molar-refractivity contribution in [1.82, 2.24) is 0 Å². The van der Waals surface area contributed by atoms with Crippen LogP contribution in [0.2, 0.25) is 19.1 Å². The molecule has 4 saturated carbocycles. The van der Waals surface area contributed by atoms with E-state index in [4.69, 9.17) is 4.65 Å². The Hall–Kier alpha value is -1.52. The van der Waals surface area contributed by atoms with Gasteiger partial charge < -0.3 is 9.68 Å². The van der Waals surface area contributed by atoms with Gasteiger partial charge in [-0.15, -0.1) is 8.07 Å². The average Bonchev–Trinajstić information content (AvgIpc) is 2.85. The van der Waals surface area contributed by atoms with Crippen LogP contribution in [-0.4, -0.2) is 20.2 Å². The summed E-state index contributed by atoms with van der Waals surface area (Å²) in [6.45, 7) is 7.48. The second-order valence-corrected chi connectivity index (χ2v) is 18.4. The van der Waals surface area contributed by atoms with Crippen LogP contribution in [0, 0.1) is 17.8 Å². The number of unbranched alkanes of at least 4 members (excludes halogenated alkanes) is 5.